The van der Waals surface area contributed by atoms with Crippen molar-refractivity contribution in [1.29, 1.82) is 0 Å². The molecule has 0 spiro atoms. The van der Waals surface area contributed by atoms with E-state index in [4.69, 9.17) is 18.6 Å². The molecule has 3 atom stereocenters. The average molecular weight is 496 g/mol. The maximum Gasteiger partial charge on any atom is 0.336 e. The van der Waals surface area contributed by atoms with Crippen LogP contribution in [0.15, 0.2) is 62.3 Å². The lowest BCUT2D eigenvalue weighted by Crippen LogP contribution is -2.44. The van der Waals surface area contributed by atoms with E-state index in [1.54, 1.807) is 38.1 Å². The average Bonchev–Trinajstić information content (AvgIpc) is 2.86. The van der Waals surface area contributed by atoms with E-state index < -0.39 is 29.6 Å². The number of Topliss-reactive ketones (excluding diaryl/α,β-unsaturated/α-hetero) is 1. The number of dihydropyridines is 1. The molecule has 1 N–H and O–H groups in total. The minimum Gasteiger partial charge on any atom is -0.468 e. The van der Waals surface area contributed by atoms with Gasteiger partial charge < -0.3 is 23.9 Å². The number of fused-ring (bicyclic) bond motifs is 1. The summed E-state index contributed by atoms with van der Waals surface area (Å²) in [4.78, 5) is 53.3. The van der Waals surface area contributed by atoms with E-state index in [2.05, 4.69) is 5.32 Å². The second-order valence-corrected chi connectivity index (χ2v) is 8.88. The number of esters is 2. The van der Waals surface area contributed by atoms with E-state index in [1.165, 1.54) is 13.4 Å². The van der Waals surface area contributed by atoms with Crippen LogP contribution in [0, 0.1) is 11.8 Å². The Bertz CT molecular complexity index is 1330. The van der Waals surface area contributed by atoms with Crippen molar-refractivity contribution in [3.05, 3.63) is 68.9 Å². The van der Waals surface area contributed by atoms with E-state index in [9.17, 15) is 19.2 Å². The largest absolute Gasteiger partial charge is 0.468 e. The molecule has 2 aromatic rings. The molecular weight excluding hydrogens is 466 g/mol. The van der Waals surface area contributed by atoms with Crippen LogP contribution in [0.5, 0.6) is 0 Å². The van der Waals surface area contributed by atoms with Gasteiger partial charge in [-0.1, -0.05) is 19.1 Å². The number of para-hydroxylation sites is 1. The molecule has 1 aromatic heterocycles. The fourth-order valence-electron chi connectivity index (χ4n) is 4.97. The van der Waals surface area contributed by atoms with Crippen molar-refractivity contribution in [3.63, 3.8) is 0 Å². The molecule has 0 saturated heterocycles. The van der Waals surface area contributed by atoms with Crippen LogP contribution in [0.3, 0.4) is 0 Å². The molecule has 190 valence electrons. The van der Waals surface area contributed by atoms with Crippen LogP contribution >= 0.6 is 0 Å². The first-order chi connectivity index (χ1) is 17.3. The minimum absolute atomic E-state index is 0.00414. The van der Waals surface area contributed by atoms with Crippen molar-refractivity contribution in [2.45, 2.75) is 33.1 Å². The Balaban J connectivity index is 1.88. The predicted molar refractivity (Wildman–Crippen MR) is 130 cm³/mol. The molecule has 9 nitrogen and oxygen atoms in total. The van der Waals surface area contributed by atoms with Gasteiger partial charge in [-0.25, -0.2) is 4.79 Å². The molecule has 1 aromatic carbocycles. The van der Waals surface area contributed by atoms with E-state index >= 15 is 0 Å². The molecular formula is C27H29NO8. The molecule has 4 rings (SSSR count). The number of methoxy groups -OCH3 is 1. The molecule has 2 heterocycles. The highest BCUT2D eigenvalue weighted by Gasteiger charge is 2.48. The molecule has 2 aliphatic rings. The van der Waals surface area contributed by atoms with Gasteiger partial charge in [-0.2, -0.15) is 0 Å². The summed E-state index contributed by atoms with van der Waals surface area (Å²) < 4.78 is 21.3. The number of hydrogen-bond donors (Lipinski definition) is 1. The first-order valence-electron chi connectivity index (χ1n) is 11.9. The highest BCUT2D eigenvalue weighted by Crippen LogP contribution is 2.45. The van der Waals surface area contributed by atoms with Crippen molar-refractivity contribution >= 4 is 28.7 Å². The number of rotatable bonds is 7. The van der Waals surface area contributed by atoms with Gasteiger partial charge in [0.25, 0.3) is 0 Å². The number of hydrogen-bond acceptors (Lipinski definition) is 9. The van der Waals surface area contributed by atoms with E-state index in [0.717, 1.165) is 0 Å². The normalized spacial score (nSPS) is 21.8. The minimum atomic E-state index is -1.08. The van der Waals surface area contributed by atoms with Crippen molar-refractivity contribution < 1.29 is 33.0 Å². The van der Waals surface area contributed by atoms with Gasteiger partial charge in [-0.05, 0) is 38.3 Å². The van der Waals surface area contributed by atoms with Crippen LogP contribution < -0.4 is 10.7 Å². The number of allylic oxidation sites excluding steroid dienone is 3. The first-order valence-corrected chi connectivity index (χ1v) is 11.9. The van der Waals surface area contributed by atoms with Crippen LogP contribution in [0.1, 0.15) is 38.7 Å². The number of ether oxygens (including phenoxy) is 3. The smallest absolute Gasteiger partial charge is 0.336 e. The van der Waals surface area contributed by atoms with Gasteiger partial charge >= 0.3 is 11.9 Å². The monoisotopic (exact) mass is 495 g/mol. The lowest BCUT2D eigenvalue weighted by atomic mass is 9.69. The quantitative estimate of drug-likeness (QED) is 0.351. The van der Waals surface area contributed by atoms with Crippen LogP contribution in [0.2, 0.25) is 0 Å². The van der Waals surface area contributed by atoms with Crippen molar-refractivity contribution in [2.75, 3.05) is 26.9 Å². The lowest BCUT2D eigenvalue weighted by Gasteiger charge is -2.37. The van der Waals surface area contributed by atoms with Gasteiger partial charge in [0.05, 0.1) is 36.9 Å². The van der Waals surface area contributed by atoms with Crippen molar-refractivity contribution in [2.24, 2.45) is 11.8 Å². The third kappa shape index (κ3) is 4.46. The first kappa shape index (κ1) is 25.4. The standard InChI is InChI=1S/C27H29NO8/c1-5-34-10-11-35-27(32)21-15(3)28-18-12-14(2)20(26(31)33-4)25(30)23(18)22(21)17-13-36-19-9-7-6-8-16(19)24(17)29/h6-9,13-14,20,22,28H,5,10-12H2,1-4H3/t14-,20-,22-/m1/s1. The molecule has 36 heavy (non-hydrogen) atoms. The summed E-state index contributed by atoms with van der Waals surface area (Å²) in [5.74, 6) is -4.31. The van der Waals surface area contributed by atoms with Crippen LogP contribution in [0.25, 0.3) is 11.0 Å². The molecule has 0 radical (unpaired) electrons. The van der Waals surface area contributed by atoms with Gasteiger partial charge in [0.2, 0.25) is 0 Å². The number of carbonyl (C=O) groups excluding carboxylic acids is 3. The molecule has 0 bridgehead atoms. The molecule has 1 aliphatic heterocycles. The highest BCUT2D eigenvalue weighted by atomic mass is 16.6. The Hall–Kier alpha value is -3.72. The fourth-order valence-corrected chi connectivity index (χ4v) is 4.97. The van der Waals surface area contributed by atoms with E-state index in [0.29, 0.717) is 35.4 Å². The third-order valence-corrected chi connectivity index (χ3v) is 6.65. The fraction of sp³-hybridized carbons (Fsp3) is 0.407. The molecule has 0 unspecified atom stereocenters. The highest BCUT2D eigenvalue weighted by molar-refractivity contribution is 6.12. The lowest BCUT2D eigenvalue weighted by molar-refractivity contribution is -0.151. The summed E-state index contributed by atoms with van der Waals surface area (Å²) >= 11 is 0. The molecule has 0 fully saturated rings. The van der Waals surface area contributed by atoms with Gasteiger partial charge in [0.1, 0.15) is 18.1 Å². The topological polar surface area (TPSA) is 121 Å². The van der Waals surface area contributed by atoms with Gasteiger partial charge in [0, 0.05) is 29.1 Å². The zero-order chi connectivity index (χ0) is 26.0. The maximum atomic E-state index is 13.8. The maximum absolute atomic E-state index is 13.8. The Kier molecular flexibility index (Phi) is 7.40. The van der Waals surface area contributed by atoms with Gasteiger partial charge in [-0.15, -0.1) is 0 Å². The Labute approximate surface area is 208 Å². The van der Waals surface area contributed by atoms with Crippen molar-refractivity contribution in [1.82, 2.24) is 5.32 Å². The molecule has 0 amide bonds. The summed E-state index contributed by atoms with van der Waals surface area (Å²) in [6.07, 6.45) is 1.64. The van der Waals surface area contributed by atoms with Gasteiger partial charge in [-0.3, -0.25) is 14.4 Å². The Morgan fingerprint density at radius 3 is 2.64 bits per heavy atom. The summed E-state index contributed by atoms with van der Waals surface area (Å²) in [7, 11) is 1.23. The SMILES string of the molecule is CCOCCOC(=O)C1=C(C)NC2=C(C(=O)[C@H](C(=O)OC)[C@H](C)C2)[C@@H]1c1coc2ccccc2c1=O. The number of nitrogens with one attached hydrogen (secondary N) is 1. The number of ketones is 1. The van der Waals surface area contributed by atoms with Gasteiger partial charge in [0.15, 0.2) is 11.2 Å². The van der Waals surface area contributed by atoms with E-state index in [-0.39, 0.29) is 41.3 Å². The Morgan fingerprint density at radius 1 is 1.17 bits per heavy atom. The Morgan fingerprint density at radius 2 is 1.92 bits per heavy atom. The summed E-state index contributed by atoms with van der Waals surface area (Å²) in [5.41, 5.74) is 1.44. The summed E-state index contributed by atoms with van der Waals surface area (Å²) in [5, 5.41) is 3.49. The van der Waals surface area contributed by atoms with Crippen molar-refractivity contribution in [3.8, 4) is 0 Å². The third-order valence-electron chi connectivity index (χ3n) is 6.65. The predicted octanol–water partition coefficient (Wildman–Crippen LogP) is 2.99. The number of benzene rings is 1. The summed E-state index contributed by atoms with van der Waals surface area (Å²) in [6, 6.07) is 6.74. The van der Waals surface area contributed by atoms with Crippen LogP contribution in [-0.4, -0.2) is 44.7 Å². The molecule has 0 saturated carbocycles. The van der Waals surface area contributed by atoms with E-state index in [1.807, 2.05) is 6.92 Å². The number of carbonyl (C=O) groups is 3. The molecule has 9 heteroatoms. The second-order valence-electron chi connectivity index (χ2n) is 8.88. The zero-order valence-electron chi connectivity index (χ0n) is 20.7. The molecule has 1 aliphatic carbocycles. The zero-order valence-corrected chi connectivity index (χ0v) is 20.7. The van der Waals surface area contributed by atoms with Crippen LogP contribution in [-0.2, 0) is 28.6 Å². The summed E-state index contributed by atoms with van der Waals surface area (Å²) in [6.45, 7) is 6.00. The van der Waals surface area contributed by atoms with Crippen LogP contribution in [0.4, 0.5) is 0 Å². The second kappa shape index (κ2) is 10.5.